The highest BCUT2D eigenvalue weighted by atomic mass is 16.3. The molecule has 2 fully saturated rings. The van der Waals surface area contributed by atoms with Crippen molar-refractivity contribution < 1.29 is 10.2 Å². The summed E-state index contributed by atoms with van der Waals surface area (Å²) in [5.41, 5.74) is 3.18. The fourth-order valence-electron chi connectivity index (χ4n) is 5.09. The quantitative estimate of drug-likeness (QED) is 0.784. The summed E-state index contributed by atoms with van der Waals surface area (Å²) < 4.78 is 0. The van der Waals surface area contributed by atoms with Gasteiger partial charge in [0.1, 0.15) is 5.75 Å². The summed E-state index contributed by atoms with van der Waals surface area (Å²) in [5.74, 6) is 0.416. The number of aryl methyl sites for hydroxylation is 2. The van der Waals surface area contributed by atoms with Crippen LogP contribution < -0.4 is 0 Å². The molecule has 5 heteroatoms. The zero-order valence-electron chi connectivity index (χ0n) is 18.2. The zero-order chi connectivity index (χ0) is 20.3. The van der Waals surface area contributed by atoms with Crippen molar-refractivity contribution in [1.82, 2.24) is 14.7 Å². The van der Waals surface area contributed by atoms with Gasteiger partial charge in [0.05, 0.1) is 0 Å². The Hall–Kier alpha value is -1.14. The van der Waals surface area contributed by atoms with E-state index < -0.39 is 0 Å². The van der Waals surface area contributed by atoms with Gasteiger partial charge in [-0.25, -0.2) is 0 Å². The Morgan fingerprint density at radius 2 is 1.68 bits per heavy atom. The fourth-order valence-corrected chi connectivity index (χ4v) is 5.09. The SMILES string of the molecule is Cc1cc(CN2CCN(C3CCN(C(C)C)CC3)[C@H](CCO)C2)cc(C)c1O. The van der Waals surface area contributed by atoms with Gasteiger partial charge in [-0.1, -0.05) is 12.1 Å². The van der Waals surface area contributed by atoms with Gasteiger partial charge in [0.2, 0.25) is 0 Å². The van der Waals surface area contributed by atoms with E-state index in [0.717, 1.165) is 43.7 Å². The summed E-state index contributed by atoms with van der Waals surface area (Å²) in [6.45, 7) is 15.3. The minimum absolute atomic E-state index is 0.261. The molecule has 3 rings (SSSR count). The second-order valence-corrected chi connectivity index (χ2v) is 9.08. The van der Waals surface area contributed by atoms with Crippen LogP contribution in [0.2, 0.25) is 0 Å². The van der Waals surface area contributed by atoms with Crippen molar-refractivity contribution in [2.75, 3.05) is 39.3 Å². The molecule has 2 N–H and O–H groups in total. The standard InChI is InChI=1S/C23H39N3O2/c1-17(2)25-8-5-21(6-9-25)26-11-10-24(16-22(26)7-12-27)15-20-13-18(3)23(28)19(4)14-20/h13-14,17,21-22,27-28H,5-12,15-16H2,1-4H3/t22-/m1/s1. The predicted octanol–water partition coefficient (Wildman–Crippen LogP) is 2.75. The van der Waals surface area contributed by atoms with Crippen molar-refractivity contribution >= 4 is 0 Å². The lowest BCUT2D eigenvalue weighted by atomic mass is 9.97. The average molecular weight is 390 g/mol. The predicted molar refractivity (Wildman–Crippen MR) is 115 cm³/mol. The molecule has 0 saturated carbocycles. The number of phenolic OH excluding ortho intramolecular Hbond substituents is 1. The van der Waals surface area contributed by atoms with Gasteiger partial charge in [0.25, 0.3) is 0 Å². The lowest BCUT2D eigenvalue weighted by Crippen LogP contribution is -2.58. The lowest BCUT2D eigenvalue weighted by molar-refractivity contribution is -0.0000389. The highest BCUT2D eigenvalue weighted by molar-refractivity contribution is 5.42. The first-order valence-corrected chi connectivity index (χ1v) is 11.0. The van der Waals surface area contributed by atoms with Gasteiger partial charge in [-0.3, -0.25) is 9.80 Å². The van der Waals surface area contributed by atoms with E-state index in [9.17, 15) is 10.2 Å². The largest absolute Gasteiger partial charge is 0.507 e. The summed E-state index contributed by atoms with van der Waals surface area (Å²) in [4.78, 5) is 7.80. The van der Waals surface area contributed by atoms with Gasteiger partial charge in [-0.15, -0.1) is 0 Å². The Bertz CT molecular complexity index is 618. The third kappa shape index (κ3) is 5.07. The van der Waals surface area contributed by atoms with Gasteiger partial charge < -0.3 is 15.1 Å². The van der Waals surface area contributed by atoms with Crippen LogP contribution in [0.25, 0.3) is 0 Å². The number of aliphatic hydroxyl groups excluding tert-OH is 1. The smallest absolute Gasteiger partial charge is 0.121 e. The van der Waals surface area contributed by atoms with Crippen LogP contribution in [0.3, 0.4) is 0 Å². The molecule has 0 radical (unpaired) electrons. The van der Waals surface area contributed by atoms with Crippen molar-refractivity contribution in [1.29, 1.82) is 0 Å². The molecule has 1 aromatic rings. The van der Waals surface area contributed by atoms with Crippen molar-refractivity contribution in [2.45, 2.75) is 71.6 Å². The van der Waals surface area contributed by atoms with E-state index in [-0.39, 0.29) is 6.61 Å². The molecule has 2 saturated heterocycles. The fraction of sp³-hybridized carbons (Fsp3) is 0.739. The van der Waals surface area contributed by atoms with Crippen molar-refractivity contribution in [3.05, 3.63) is 28.8 Å². The molecular weight excluding hydrogens is 350 g/mol. The molecule has 0 unspecified atom stereocenters. The maximum absolute atomic E-state index is 10.0. The van der Waals surface area contributed by atoms with Crippen LogP contribution in [-0.2, 0) is 6.54 Å². The number of benzene rings is 1. The number of piperazine rings is 1. The number of aromatic hydroxyl groups is 1. The second-order valence-electron chi connectivity index (χ2n) is 9.08. The minimum Gasteiger partial charge on any atom is -0.507 e. The summed E-state index contributed by atoms with van der Waals surface area (Å²) in [5, 5.41) is 19.7. The number of aliphatic hydroxyl groups is 1. The first-order valence-electron chi connectivity index (χ1n) is 11.0. The number of phenols is 1. The molecule has 0 bridgehead atoms. The minimum atomic E-state index is 0.261. The first-order chi connectivity index (χ1) is 13.4. The molecular formula is C23H39N3O2. The number of hydrogen-bond acceptors (Lipinski definition) is 5. The maximum atomic E-state index is 10.0. The van der Waals surface area contributed by atoms with Crippen LogP contribution in [0.4, 0.5) is 0 Å². The summed E-state index contributed by atoms with van der Waals surface area (Å²) in [6.07, 6.45) is 3.35. The molecule has 0 amide bonds. The van der Waals surface area contributed by atoms with E-state index in [1.165, 1.54) is 31.5 Å². The Kier molecular flexibility index (Phi) is 7.37. The Balaban J connectivity index is 1.61. The van der Waals surface area contributed by atoms with Crippen LogP contribution in [0, 0.1) is 13.8 Å². The van der Waals surface area contributed by atoms with Crippen LogP contribution in [0.1, 0.15) is 49.8 Å². The monoisotopic (exact) mass is 389 g/mol. The summed E-state index contributed by atoms with van der Waals surface area (Å²) >= 11 is 0. The normalized spacial score (nSPS) is 23.6. The molecule has 2 aliphatic heterocycles. The number of nitrogens with zero attached hydrogens (tertiary/aromatic N) is 3. The molecule has 1 aromatic carbocycles. The molecule has 158 valence electrons. The molecule has 5 nitrogen and oxygen atoms in total. The Morgan fingerprint density at radius 1 is 1.04 bits per heavy atom. The summed E-state index contributed by atoms with van der Waals surface area (Å²) in [6, 6.07) is 5.96. The van der Waals surface area contributed by atoms with E-state index in [0.29, 0.717) is 23.9 Å². The van der Waals surface area contributed by atoms with Crippen LogP contribution >= 0.6 is 0 Å². The van der Waals surface area contributed by atoms with E-state index in [1.54, 1.807) is 0 Å². The van der Waals surface area contributed by atoms with E-state index in [2.05, 4.69) is 40.7 Å². The number of piperidine rings is 1. The second kappa shape index (κ2) is 9.57. The molecule has 2 aliphatic rings. The highest BCUT2D eigenvalue weighted by Crippen LogP contribution is 2.27. The third-order valence-electron chi connectivity index (χ3n) is 6.73. The highest BCUT2D eigenvalue weighted by Gasteiger charge is 2.33. The van der Waals surface area contributed by atoms with E-state index in [4.69, 9.17) is 0 Å². The molecule has 0 spiro atoms. The Morgan fingerprint density at radius 3 is 2.25 bits per heavy atom. The van der Waals surface area contributed by atoms with Crippen LogP contribution in [-0.4, -0.2) is 82.4 Å². The third-order valence-corrected chi connectivity index (χ3v) is 6.73. The van der Waals surface area contributed by atoms with Gasteiger partial charge >= 0.3 is 0 Å². The van der Waals surface area contributed by atoms with E-state index in [1.807, 2.05) is 13.8 Å². The van der Waals surface area contributed by atoms with Gasteiger partial charge in [0.15, 0.2) is 0 Å². The van der Waals surface area contributed by atoms with Crippen molar-refractivity contribution in [3.8, 4) is 5.75 Å². The number of hydrogen-bond donors (Lipinski definition) is 2. The maximum Gasteiger partial charge on any atom is 0.121 e. The topological polar surface area (TPSA) is 50.2 Å². The number of likely N-dealkylation sites (tertiary alicyclic amines) is 1. The van der Waals surface area contributed by atoms with Crippen molar-refractivity contribution in [2.24, 2.45) is 0 Å². The van der Waals surface area contributed by atoms with Crippen LogP contribution in [0.5, 0.6) is 5.75 Å². The first kappa shape index (κ1) is 21.6. The van der Waals surface area contributed by atoms with E-state index >= 15 is 0 Å². The van der Waals surface area contributed by atoms with Crippen LogP contribution in [0.15, 0.2) is 12.1 Å². The summed E-state index contributed by atoms with van der Waals surface area (Å²) in [7, 11) is 0. The van der Waals surface area contributed by atoms with Gasteiger partial charge in [-0.05, 0) is 76.7 Å². The molecule has 28 heavy (non-hydrogen) atoms. The molecule has 0 aliphatic carbocycles. The average Bonchev–Trinajstić information content (AvgIpc) is 2.67. The zero-order valence-corrected chi connectivity index (χ0v) is 18.2. The molecule has 0 aromatic heterocycles. The van der Waals surface area contributed by atoms with Crippen molar-refractivity contribution in [3.63, 3.8) is 0 Å². The van der Waals surface area contributed by atoms with Gasteiger partial charge in [-0.2, -0.15) is 0 Å². The number of rotatable bonds is 6. The van der Waals surface area contributed by atoms with Gasteiger partial charge in [0, 0.05) is 50.9 Å². The molecule has 2 heterocycles. The molecule has 1 atom stereocenters. The lowest BCUT2D eigenvalue weighted by Gasteiger charge is -2.48. The Labute approximate surface area is 170 Å².